The van der Waals surface area contributed by atoms with Crippen LogP contribution in [0.1, 0.15) is 42.0 Å². The Balaban J connectivity index is 1.44. The van der Waals surface area contributed by atoms with Gasteiger partial charge in [0.25, 0.3) is 0 Å². The molecule has 0 amide bonds. The largest absolute Gasteiger partial charge is 0.378 e. The number of fused-ring (bicyclic) bond motifs is 2. The van der Waals surface area contributed by atoms with Gasteiger partial charge >= 0.3 is 0 Å². The second-order valence-corrected chi connectivity index (χ2v) is 10.1. The minimum atomic E-state index is 0.360. The molecule has 2 aliphatic rings. The molecule has 2 fully saturated rings. The van der Waals surface area contributed by atoms with E-state index in [0.29, 0.717) is 12.0 Å². The minimum Gasteiger partial charge on any atom is -0.378 e. The van der Waals surface area contributed by atoms with E-state index in [-0.39, 0.29) is 0 Å². The van der Waals surface area contributed by atoms with E-state index < -0.39 is 0 Å². The highest BCUT2D eigenvalue weighted by molar-refractivity contribution is 5.96. The Hall–Kier alpha value is -2.97. The Morgan fingerprint density at radius 2 is 1.76 bits per heavy atom. The van der Waals surface area contributed by atoms with Gasteiger partial charge in [-0.3, -0.25) is 4.90 Å². The molecule has 0 unspecified atom stereocenters. The predicted octanol–water partition coefficient (Wildman–Crippen LogP) is 3.84. The third kappa shape index (κ3) is 3.23. The van der Waals surface area contributed by atoms with Crippen LogP contribution in [0, 0.1) is 20.8 Å². The Kier molecular flexibility index (Phi) is 5.11. The second-order valence-electron chi connectivity index (χ2n) is 10.1. The van der Waals surface area contributed by atoms with Crippen LogP contribution in [0.4, 0.5) is 5.82 Å². The zero-order valence-corrected chi connectivity index (χ0v) is 20.7. The maximum atomic E-state index is 5.40. The number of rotatable bonds is 4. The van der Waals surface area contributed by atoms with Crippen LogP contribution < -0.4 is 4.90 Å². The van der Waals surface area contributed by atoms with Crippen molar-refractivity contribution in [3.8, 4) is 11.3 Å². The molecular weight excluding hydrogens is 426 g/mol. The molecule has 6 rings (SSSR count). The number of anilines is 1. The molecule has 178 valence electrons. The smallest absolute Gasteiger partial charge is 0.158 e. The maximum Gasteiger partial charge on any atom is 0.158 e. The lowest BCUT2D eigenvalue weighted by Gasteiger charge is -2.43. The van der Waals surface area contributed by atoms with Crippen molar-refractivity contribution < 1.29 is 4.74 Å². The summed E-state index contributed by atoms with van der Waals surface area (Å²) in [7, 11) is 0. The number of pyridine rings is 2. The summed E-state index contributed by atoms with van der Waals surface area (Å²) >= 11 is 0. The van der Waals surface area contributed by atoms with Gasteiger partial charge in [-0.05, 0) is 43.4 Å². The first-order chi connectivity index (χ1) is 16.4. The third-order valence-electron chi connectivity index (χ3n) is 7.82. The van der Waals surface area contributed by atoms with E-state index in [2.05, 4.69) is 65.7 Å². The van der Waals surface area contributed by atoms with Crippen LogP contribution in [0.15, 0.2) is 18.7 Å². The van der Waals surface area contributed by atoms with E-state index in [1.54, 1.807) is 6.33 Å². The first-order valence-electron chi connectivity index (χ1n) is 12.3. The zero-order chi connectivity index (χ0) is 23.6. The van der Waals surface area contributed by atoms with Gasteiger partial charge in [0.05, 0.1) is 36.7 Å². The van der Waals surface area contributed by atoms with Gasteiger partial charge in [0, 0.05) is 48.9 Å². The van der Waals surface area contributed by atoms with Crippen LogP contribution >= 0.6 is 0 Å². The molecule has 2 aliphatic heterocycles. The molecule has 0 bridgehead atoms. The molecule has 0 radical (unpaired) electrons. The number of nitrogens with one attached hydrogen (secondary N) is 1. The number of aryl methyl sites for hydroxylation is 2. The average molecular weight is 460 g/mol. The molecule has 4 aromatic heterocycles. The highest BCUT2D eigenvalue weighted by atomic mass is 16.5. The molecule has 0 aliphatic carbocycles. The predicted molar refractivity (Wildman–Crippen MR) is 135 cm³/mol. The summed E-state index contributed by atoms with van der Waals surface area (Å²) in [6.07, 6.45) is 5.75. The topological polar surface area (TPSA) is 74.6 Å². The summed E-state index contributed by atoms with van der Waals surface area (Å²) < 4.78 is 7.28. The fraction of sp³-hybridized carbons (Fsp3) is 0.500. The van der Waals surface area contributed by atoms with Gasteiger partial charge in [-0.15, -0.1) is 0 Å². The van der Waals surface area contributed by atoms with Crippen LogP contribution in [0.25, 0.3) is 27.8 Å². The van der Waals surface area contributed by atoms with Gasteiger partial charge in [0.15, 0.2) is 5.65 Å². The van der Waals surface area contributed by atoms with E-state index >= 15 is 0 Å². The molecule has 2 saturated heterocycles. The Bertz CT molecular complexity index is 1370. The first-order valence-corrected chi connectivity index (χ1v) is 12.3. The van der Waals surface area contributed by atoms with Crippen molar-refractivity contribution in [1.82, 2.24) is 29.5 Å². The van der Waals surface area contributed by atoms with Crippen LogP contribution in [0.2, 0.25) is 0 Å². The van der Waals surface area contributed by atoms with Crippen molar-refractivity contribution >= 4 is 22.4 Å². The van der Waals surface area contributed by atoms with E-state index in [0.717, 1.165) is 61.9 Å². The van der Waals surface area contributed by atoms with Gasteiger partial charge < -0.3 is 14.6 Å². The fourth-order valence-corrected chi connectivity index (χ4v) is 5.67. The van der Waals surface area contributed by atoms with E-state index in [1.807, 2.05) is 10.7 Å². The third-order valence-corrected chi connectivity index (χ3v) is 7.82. The summed E-state index contributed by atoms with van der Waals surface area (Å²) in [5.41, 5.74) is 9.36. The number of hydrogen-bond acceptors (Lipinski definition) is 6. The highest BCUT2D eigenvalue weighted by Gasteiger charge is 2.30. The number of nitrogens with zero attached hydrogens (tertiary/aromatic N) is 6. The Morgan fingerprint density at radius 1 is 1.00 bits per heavy atom. The van der Waals surface area contributed by atoms with E-state index in [4.69, 9.17) is 9.72 Å². The van der Waals surface area contributed by atoms with Gasteiger partial charge in [0.1, 0.15) is 12.1 Å². The maximum absolute atomic E-state index is 5.40. The lowest BCUT2D eigenvalue weighted by molar-refractivity contribution is -0.0661. The number of ether oxygens (including phenoxy) is 1. The first kappa shape index (κ1) is 21.6. The van der Waals surface area contributed by atoms with Crippen LogP contribution in [0.3, 0.4) is 0 Å². The lowest BCUT2D eigenvalue weighted by atomic mass is 9.92. The molecule has 6 heterocycles. The van der Waals surface area contributed by atoms with Crippen LogP contribution in [-0.2, 0) is 4.74 Å². The van der Waals surface area contributed by atoms with Crippen molar-refractivity contribution in [2.24, 2.45) is 0 Å². The van der Waals surface area contributed by atoms with Crippen molar-refractivity contribution in [3.05, 3.63) is 41.0 Å². The lowest BCUT2D eigenvalue weighted by Crippen LogP contribution is -2.56. The molecule has 8 heteroatoms. The number of H-pyrrole nitrogens is 1. The summed E-state index contributed by atoms with van der Waals surface area (Å²) in [6, 6.07) is 0.604. The fourth-order valence-electron chi connectivity index (χ4n) is 5.67. The standard InChI is InChI=1S/C26H33N7O/c1-15(2)22-23-18(5)25(32-8-6-31(7-9-32)19-12-34-13-19)27-10-21(23)30-24(22)20-11-33-26(28-14-29-33)17(4)16(20)3/h10-11,14-15,19,30H,6-9,12-13H2,1-5H3. The summed E-state index contributed by atoms with van der Waals surface area (Å²) in [5, 5.41) is 5.72. The van der Waals surface area contributed by atoms with Gasteiger partial charge in [-0.25, -0.2) is 14.5 Å². The number of aromatic nitrogens is 5. The molecule has 0 spiro atoms. The molecule has 4 aromatic rings. The highest BCUT2D eigenvalue weighted by Crippen LogP contribution is 2.40. The molecular formula is C26H33N7O. The summed E-state index contributed by atoms with van der Waals surface area (Å²) in [5.74, 6) is 1.48. The molecule has 1 N–H and O–H groups in total. The quantitative estimate of drug-likeness (QED) is 0.500. The van der Waals surface area contributed by atoms with E-state index in [1.165, 1.54) is 33.3 Å². The average Bonchev–Trinajstić information content (AvgIpc) is 3.41. The molecule has 0 saturated carbocycles. The second kappa shape index (κ2) is 8.06. The van der Waals surface area contributed by atoms with Crippen molar-refractivity contribution in [1.29, 1.82) is 0 Å². The zero-order valence-electron chi connectivity index (χ0n) is 20.7. The normalized spacial score (nSPS) is 17.9. The monoisotopic (exact) mass is 459 g/mol. The Morgan fingerprint density at radius 3 is 2.44 bits per heavy atom. The number of piperazine rings is 1. The molecule has 0 atom stereocenters. The van der Waals surface area contributed by atoms with Gasteiger partial charge in [0.2, 0.25) is 0 Å². The van der Waals surface area contributed by atoms with E-state index in [9.17, 15) is 0 Å². The van der Waals surface area contributed by atoms with Gasteiger partial charge in [-0.1, -0.05) is 13.8 Å². The molecule has 34 heavy (non-hydrogen) atoms. The van der Waals surface area contributed by atoms with Gasteiger partial charge in [-0.2, -0.15) is 5.10 Å². The van der Waals surface area contributed by atoms with Crippen LogP contribution in [-0.4, -0.2) is 74.9 Å². The number of hydrogen-bond donors (Lipinski definition) is 1. The van der Waals surface area contributed by atoms with Crippen molar-refractivity contribution in [2.75, 3.05) is 44.3 Å². The summed E-state index contributed by atoms with van der Waals surface area (Å²) in [6.45, 7) is 17.0. The SMILES string of the molecule is Cc1c(-c2[nH]c3cnc(N4CCN(C5COC5)CC4)c(C)c3c2C(C)C)cn2ncnc2c1C. The summed E-state index contributed by atoms with van der Waals surface area (Å²) in [4.78, 5) is 18.1. The number of aromatic amines is 1. The molecule has 0 aromatic carbocycles. The minimum absolute atomic E-state index is 0.360. The Labute approximate surface area is 199 Å². The van der Waals surface area contributed by atoms with Crippen LogP contribution in [0.5, 0.6) is 0 Å². The van der Waals surface area contributed by atoms with Crippen molar-refractivity contribution in [3.63, 3.8) is 0 Å². The molecule has 8 nitrogen and oxygen atoms in total. The van der Waals surface area contributed by atoms with Crippen molar-refractivity contribution in [2.45, 2.75) is 46.6 Å².